The van der Waals surface area contributed by atoms with Crippen molar-refractivity contribution in [2.24, 2.45) is 0 Å². The molecule has 0 unspecified atom stereocenters. The molecule has 0 aromatic heterocycles. The van der Waals surface area contributed by atoms with Crippen LogP contribution < -0.4 is 15.9 Å². The number of hydrogen-bond acceptors (Lipinski definition) is 0. The van der Waals surface area contributed by atoms with E-state index in [1.165, 1.54) is 15.9 Å². The van der Waals surface area contributed by atoms with Crippen molar-refractivity contribution < 1.29 is 20.4 Å². The minimum absolute atomic E-state index is 0. The first kappa shape index (κ1) is 17.8. The molecule has 0 atom stereocenters. The fourth-order valence-electron chi connectivity index (χ4n) is 2.18. The fourth-order valence-corrected chi connectivity index (χ4v) is 4.48. The number of rotatable bonds is 3. The zero-order chi connectivity index (χ0) is 12.9. The first-order valence-electron chi connectivity index (χ1n) is 6.40. The Kier molecular flexibility index (Phi) is 7.55. The van der Waals surface area contributed by atoms with Gasteiger partial charge in [0, 0.05) is 20.4 Å². The van der Waals surface area contributed by atoms with Crippen LogP contribution in [0.3, 0.4) is 0 Å². The Hall–Kier alpha value is -1.25. The van der Waals surface area contributed by atoms with E-state index in [2.05, 4.69) is 91.0 Å². The average Bonchev–Trinajstić information content (AvgIpc) is 2.51. The summed E-state index contributed by atoms with van der Waals surface area (Å²) in [5.74, 6) is 0. The molecule has 0 N–H and O–H groups in total. The molecule has 0 saturated carbocycles. The maximum atomic E-state index is 2.23. The van der Waals surface area contributed by atoms with Gasteiger partial charge in [-0.1, -0.05) is 98.4 Å². The van der Waals surface area contributed by atoms with Crippen molar-refractivity contribution in [1.29, 1.82) is 0 Å². The van der Waals surface area contributed by atoms with Crippen LogP contribution in [0.2, 0.25) is 0 Å². The van der Waals surface area contributed by atoms with Crippen LogP contribution in [0.25, 0.3) is 0 Å². The molecule has 0 aliphatic heterocycles. The number of hydrogen-bond donors (Lipinski definition) is 0. The van der Waals surface area contributed by atoms with Gasteiger partial charge in [0.2, 0.25) is 0 Å². The van der Waals surface area contributed by atoms with E-state index in [1.807, 2.05) is 0 Å². The molecule has 3 aromatic rings. The van der Waals surface area contributed by atoms with E-state index < -0.39 is 7.92 Å². The Morgan fingerprint density at radius 2 is 0.667 bits per heavy atom. The first-order chi connectivity index (χ1) is 9.45. The molecule has 0 nitrogen and oxygen atoms in total. The first-order valence-corrected chi connectivity index (χ1v) is 7.74. The molecule has 0 fully saturated rings. The van der Waals surface area contributed by atoms with Crippen molar-refractivity contribution in [3.05, 3.63) is 91.0 Å². The van der Waals surface area contributed by atoms with Crippen molar-refractivity contribution in [3.63, 3.8) is 0 Å². The molecular formula is C19H19PPd. The summed E-state index contributed by atoms with van der Waals surface area (Å²) in [4.78, 5) is 0. The summed E-state index contributed by atoms with van der Waals surface area (Å²) in [5.41, 5.74) is 0. The van der Waals surface area contributed by atoms with E-state index >= 15 is 0 Å². The van der Waals surface area contributed by atoms with Crippen molar-refractivity contribution in [2.75, 3.05) is 0 Å². The molecular weight excluding hydrogens is 366 g/mol. The van der Waals surface area contributed by atoms with Gasteiger partial charge in [-0.3, -0.25) is 0 Å². The molecule has 0 heterocycles. The van der Waals surface area contributed by atoms with E-state index in [1.54, 1.807) is 0 Å². The fraction of sp³-hybridized carbons (Fsp3) is 0.0526. The van der Waals surface area contributed by atoms with E-state index in [9.17, 15) is 0 Å². The van der Waals surface area contributed by atoms with Crippen LogP contribution in [0.5, 0.6) is 0 Å². The third-order valence-corrected chi connectivity index (χ3v) is 5.49. The monoisotopic (exact) mass is 384 g/mol. The van der Waals surface area contributed by atoms with Gasteiger partial charge in [0.25, 0.3) is 0 Å². The normalized spacial score (nSPS) is 9.57. The summed E-state index contributed by atoms with van der Waals surface area (Å²) in [7, 11) is -0.446. The number of benzene rings is 3. The summed E-state index contributed by atoms with van der Waals surface area (Å²) in [6.45, 7) is 0. The van der Waals surface area contributed by atoms with Gasteiger partial charge in [0.15, 0.2) is 0 Å². The van der Waals surface area contributed by atoms with Crippen molar-refractivity contribution in [3.8, 4) is 0 Å². The Balaban J connectivity index is 0.00000110. The Morgan fingerprint density at radius 3 is 0.905 bits per heavy atom. The second kappa shape index (κ2) is 8.91. The summed E-state index contributed by atoms with van der Waals surface area (Å²) in [5, 5.41) is 4.19. The van der Waals surface area contributed by atoms with Crippen LogP contribution >= 0.6 is 7.92 Å². The van der Waals surface area contributed by atoms with Gasteiger partial charge in [0.1, 0.15) is 0 Å². The van der Waals surface area contributed by atoms with Crippen LogP contribution in [0.15, 0.2) is 91.0 Å². The molecule has 0 radical (unpaired) electrons. The van der Waals surface area contributed by atoms with Crippen LogP contribution in [-0.4, -0.2) is 0 Å². The van der Waals surface area contributed by atoms with Crippen LogP contribution in [0, 0.1) is 0 Å². The van der Waals surface area contributed by atoms with E-state index in [0.29, 0.717) is 0 Å². The van der Waals surface area contributed by atoms with E-state index in [-0.39, 0.29) is 27.8 Å². The largest absolute Gasteiger partial charge is 0.0776 e. The Bertz CT molecular complexity index is 530. The Labute approximate surface area is 142 Å². The molecule has 0 aliphatic carbocycles. The van der Waals surface area contributed by atoms with Crippen LogP contribution in [-0.2, 0) is 20.4 Å². The minimum Gasteiger partial charge on any atom is -0.0776 e. The summed E-state index contributed by atoms with van der Waals surface area (Å²) < 4.78 is 0. The summed E-state index contributed by atoms with van der Waals surface area (Å²) in [6.07, 6.45) is 0. The molecule has 0 bridgehead atoms. The van der Waals surface area contributed by atoms with Crippen LogP contribution in [0.1, 0.15) is 7.43 Å². The Morgan fingerprint density at radius 1 is 0.429 bits per heavy atom. The predicted octanol–water partition coefficient (Wildman–Crippen LogP) is 4.08. The van der Waals surface area contributed by atoms with Crippen molar-refractivity contribution in [2.45, 2.75) is 7.43 Å². The molecule has 0 spiro atoms. The SMILES string of the molecule is C.[Pd].c1ccc(P(c2ccccc2)c2ccccc2)cc1. The van der Waals surface area contributed by atoms with Crippen molar-refractivity contribution >= 4 is 23.8 Å². The molecule has 21 heavy (non-hydrogen) atoms. The molecule has 3 aromatic carbocycles. The summed E-state index contributed by atoms with van der Waals surface area (Å²) in [6, 6.07) is 32.3. The van der Waals surface area contributed by atoms with E-state index in [4.69, 9.17) is 0 Å². The van der Waals surface area contributed by atoms with Crippen LogP contribution in [0.4, 0.5) is 0 Å². The van der Waals surface area contributed by atoms with Gasteiger partial charge in [-0.2, -0.15) is 0 Å². The zero-order valence-corrected chi connectivity index (χ0v) is 13.4. The summed E-state index contributed by atoms with van der Waals surface area (Å²) >= 11 is 0. The molecule has 2 heteroatoms. The quantitative estimate of drug-likeness (QED) is 0.471. The second-order valence-electron chi connectivity index (χ2n) is 4.34. The van der Waals surface area contributed by atoms with Gasteiger partial charge < -0.3 is 0 Å². The van der Waals surface area contributed by atoms with E-state index in [0.717, 1.165) is 0 Å². The second-order valence-corrected chi connectivity index (χ2v) is 6.56. The van der Waals surface area contributed by atoms with Crippen molar-refractivity contribution in [1.82, 2.24) is 0 Å². The predicted molar refractivity (Wildman–Crippen MR) is 91.9 cm³/mol. The maximum Gasteiger partial charge on any atom is 0 e. The van der Waals surface area contributed by atoms with Gasteiger partial charge in [-0.25, -0.2) is 0 Å². The molecule has 110 valence electrons. The third-order valence-electron chi connectivity index (χ3n) is 3.04. The minimum atomic E-state index is -0.446. The molecule has 0 amide bonds. The molecule has 3 rings (SSSR count). The molecule has 0 saturated heterocycles. The van der Waals surface area contributed by atoms with Gasteiger partial charge in [0.05, 0.1) is 0 Å². The zero-order valence-electron chi connectivity index (χ0n) is 10.9. The standard InChI is InChI=1S/C18H15P.CH4.Pd/c1-4-10-16(11-5-1)19(17-12-6-2-7-13-17)18-14-8-3-9-15-18;;/h1-15H;1H4;. The van der Waals surface area contributed by atoms with Gasteiger partial charge >= 0.3 is 0 Å². The molecule has 0 aliphatic rings. The van der Waals surface area contributed by atoms with Gasteiger partial charge in [-0.05, 0) is 23.8 Å². The third kappa shape index (κ3) is 4.36. The maximum absolute atomic E-state index is 2.23. The average molecular weight is 385 g/mol. The van der Waals surface area contributed by atoms with Gasteiger partial charge in [-0.15, -0.1) is 0 Å². The smallest absolute Gasteiger partial charge is 0 e. The topological polar surface area (TPSA) is 0 Å².